The molecule has 21 heavy (non-hydrogen) atoms. The third-order valence-corrected chi connectivity index (χ3v) is 4.11. The molecule has 2 atom stereocenters. The third kappa shape index (κ3) is 4.85. The minimum atomic E-state index is -0.0126. The molecule has 2 rings (SSSR count). The number of piperidine rings is 1. The zero-order valence-electron chi connectivity index (χ0n) is 13.5. The lowest BCUT2D eigenvalue weighted by Crippen LogP contribution is -2.47. The summed E-state index contributed by atoms with van der Waals surface area (Å²) < 4.78 is 0. The van der Waals surface area contributed by atoms with Gasteiger partial charge in [-0.3, -0.25) is 4.79 Å². The first-order valence-corrected chi connectivity index (χ1v) is 8.19. The van der Waals surface area contributed by atoms with Crippen LogP contribution in [0, 0.1) is 5.92 Å². The van der Waals surface area contributed by atoms with Gasteiger partial charge in [-0.05, 0) is 49.8 Å². The van der Waals surface area contributed by atoms with E-state index in [1.54, 1.807) is 0 Å². The van der Waals surface area contributed by atoms with Crippen molar-refractivity contribution in [2.24, 2.45) is 5.92 Å². The van der Waals surface area contributed by atoms with Crippen LogP contribution in [-0.4, -0.2) is 18.5 Å². The molecule has 3 heteroatoms. The first-order valence-electron chi connectivity index (χ1n) is 8.19. The zero-order chi connectivity index (χ0) is 15.2. The van der Waals surface area contributed by atoms with E-state index in [9.17, 15) is 4.79 Å². The standard InChI is InChI=1S/C18H28N2O/c1-13(2)12-15-7-9-16(10-8-15)14(3)20-18(21)17-6-4-5-11-19-17/h7-10,13-14,17,19H,4-6,11-12H2,1-3H3,(H,20,21)/t14?,17-/m0/s1. The Kier molecular flexibility index (Phi) is 5.80. The second-order valence-electron chi connectivity index (χ2n) is 6.57. The largest absolute Gasteiger partial charge is 0.348 e. The molecule has 0 saturated carbocycles. The maximum absolute atomic E-state index is 12.2. The van der Waals surface area contributed by atoms with Crippen LogP contribution in [0.5, 0.6) is 0 Å². The van der Waals surface area contributed by atoms with Gasteiger partial charge in [0.15, 0.2) is 0 Å². The lowest BCUT2D eigenvalue weighted by atomic mass is 9.99. The van der Waals surface area contributed by atoms with Crippen molar-refractivity contribution in [2.45, 2.75) is 58.5 Å². The molecule has 1 heterocycles. The summed E-state index contributed by atoms with van der Waals surface area (Å²) in [7, 11) is 0. The van der Waals surface area contributed by atoms with Gasteiger partial charge in [-0.1, -0.05) is 44.5 Å². The molecule has 2 N–H and O–H groups in total. The Hall–Kier alpha value is -1.35. The van der Waals surface area contributed by atoms with Crippen molar-refractivity contribution in [1.29, 1.82) is 0 Å². The van der Waals surface area contributed by atoms with Crippen molar-refractivity contribution < 1.29 is 4.79 Å². The van der Waals surface area contributed by atoms with E-state index >= 15 is 0 Å². The Bertz CT molecular complexity index is 447. The molecule has 3 nitrogen and oxygen atoms in total. The Labute approximate surface area is 128 Å². The highest BCUT2D eigenvalue weighted by atomic mass is 16.2. The van der Waals surface area contributed by atoms with E-state index in [1.807, 2.05) is 0 Å². The van der Waals surface area contributed by atoms with Crippen LogP contribution in [0.3, 0.4) is 0 Å². The number of carbonyl (C=O) groups is 1. The molecule has 1 amide bonds. The maximum atomic E-state index is 12.2. The number of rotatable bonds is 5. The highest BCUT2D eigenvalue weighted by Gasteiger charge is 2.21. The van der Waals surface area contributed by atoms with E-state index in [0.29, 0.717) is 5.92 Å². The Morgan fingerprint density at radius 2 is 1.95 bits per heavy atom. The molecular formula is C18H28N2O. The van der Waals surface area contributed by atoms with E-state index in [2.05, 4.69) is 55.7 Å². The van der Waals surface area contributed by atoms with Crippen molar-refractivity contribution >= 4 is 5.91 Å². The molecule has 0 bridgehead atoms. The predicted molar refractivity (Wildman–Crippen MR) is 87.2 cm³/mol. The summed E-state index contributed by atoms with van der Waals surface area (Å²) in [4.78, 5) is 12.2. The van der Waals surface area contributed by atoms with Crippen LogP contribution in [0.4, 0.5) is 0 Å². The summed E-state index contributed by atoms with van der Waals surface area (Å²) in [6.45, 7) is 7.47. The minimum Gasteiger partial charge on any atom is -0.348 e. The lowest BCUT2D eigenvalue weighted by molar-refractivity contribution is -0.124. The van der Waals surface area contributed by atoms with E-state index < -0.39 is 0 Å². The van der Waals surface area contributed by atoms with Crippen molar-refractivity contribution in [1.82, 2.24) is 10.6 Å². The highest BCUT2D eigenvalue weighted by Crippen LogP contribution is 2.16. The number of benzene rings is 1. The number of hydrogen-bond donors (Lipinski definition) is 2. The maximum Gasteiger partial charge on any atom is 0.237 e. The van der Waals surface area contributed by atoms with Gasteiger partial charge in [0.25, 0.3) is 0 Å². The second-order valence-corrected chi connectivity index (χ2v) is 6.57. The molecule has 0 radical (unpaired) electrons. The molecule has 0 aromatic heterocycles. The average Bonchev–Trinajstić information content (AvgIpc) is 2.48. The van der Waals surface area contributed by atoms with Gasteiger partial charge in [0.05, 0.1) is 12.1 Å². The smallest absolute Gasteiger partial charge is 0.237 e. The number of carbonyl (C=O) groups excluding carboxylic acids is 1. The van der Waals surface area contributed by atoms with Crippen LogP contribution in [-0.2, 0) is 11.2 Å². The van der Waals surface area contributed by atoms with E-state index in [-0.39, 0.29) is 18.0 Å². The molecule has 1 aliphatic heterocycles. The third-order valence-electron chi connectivity index (χ3n) is 4.11. The number of hydrogen-bond acceptors (Lipinski definition) is 2. The molecule has 1 aliphatic rings. The minimum absolute atomic E-state index is 0.0126. The predicted octanol–water partition coefficient (Wildman–Crippen LogP) is 3.20. The van der Waals surface area contributed by atoms with E-state index in [4.69, 9.17) is 0 Å². The summed E-state index contributed by atoms with van der Waals surface area (Å²) >= 11 is 0. The Balaban J connectivity index is 1.90. The first-order chi connectivity index (χ1) is 10.1. The van der Waals surface area contributed by atoms with Gasteiger partial charge in [-0.2, -0.15) is 0 Å². The highest BCUT2D eigenvalue weighted by molar-refractivity contribution is 5.82. The van der Waals surface area contributed by atoms with Crippen LogP contribution in [0.25, 0.3) is 0 Å². The topological polar surface area (TPSA) is 41.1 Å². The molecule has 1 aromatic carbocycles. The molecule has 0 spiro atoms. The van der Waals surface area contributed by atoms with Gasteiger partial charge in [0.1, 0.15) is 0 Å². The Morgan fingerprint density at radius 3 is 2.52 bits per heavy atom. The van der Waals surface area contributed by atoms with E-state index in [1.165, 1.54) is 17.5 Å². The summed E-state index contributed by atoms with van der Waals surface area (Å²) in [5.74, 6) is 0.804. The summed E-state index contributed by atoms with van der Waals surface area (Å²) in [5, 5.41) is 6.42. The fourth-order valence-electron chi connectivity index (χ4n) is 2.89. The van der Waals surface area contributed by atoms with Crippen LogP contribution in [0.15, 0.2) is 24.3 Å². The van der Waals surface area contributed by atoms with Gasteiger partial charge in [-0.15, -0.1) is 0 Å². The van der Waals surface area contributed by atoms with Crippen LogP contribution in [0.2, 0.25) is 0 Å². The summed E-state index contributed by atoms with van der Waals surface area (Å²) in [6, 6.07) is 8.68. The second kappa shape index (κ2) is 7.60. The van der Waals surface area contributed by atoms with E-state index in [0.717, 1.165) is 25.8 Å². The fourth-order valence-corrected chi connectivity index (χ4v) is 2.89. The van der Waals surface area contributed by atoms with Gasteiger partial charge < -0.3 is 10.6 Å². The van der Waals surface area contributed by atoms with Gasteiger partial charge >= 0.3 is 0 Å². The van der Waals surface area contributed by atoms with Crippen LogP contribution < -0.4 is 10.6 Å². The molecule has 1 saturated heterocycles. The fraction of sp³-hybridized carbons (Fsp3) is 0.611. The molecule has 1 aromatic rings. The summed E-state index contributed by atoms with van der Waals surface area (Å²) in [6.07, 6.45) is 4.37. The van der Waals surface area contributed by atoms with Crippen LogP contribution >= 0.6 is 0 Å². The molecule has 0 aliphatic carbocycles. The Morgan fingerprint density at radius 1 is 1.24 bits per heavy atom. The van der Waals surface area contributed by atoms with Crippen molar-refractivity contribution in [2.75, 3.05) is 6.54 Å². The van der Waals surface area contributed by atoms with Crippen molar-refractivity contribution in [3.05, 3.63) is 35.4 Å². The summed E-state index contributed by atoms with van der Waals surface area (Å²) in [5.41, 5.74) is 2.54. The average molecular weight is 288 g/mol. The molecule has 116 valence electrons. The zero-order valence-corrected chi connectivity index (χ0v) is 13.5. The van der Waals surface area contributed by atoms with Crippen molar-refractivity contribution in [3.63, 3.8) is 0 Å². The molecular weight excluding hydrogens is 260 g/mol. The number of nitrogens with one attached hydrogen (secondary N) is 2. The van der Waals surface area contributed by atoms with Gasteiger partial charge in [0, 0.05) is 0 Å². The SMILES string of the molecule is CC(C)Cc1ccc(C(C)NC(=O)[C@@H]2CCCCN2)cc1. The number of amides is 1. The normalized spacial score (nSPS) is 20.3. The van der Waals surface area contributed by atoms with Gasteiger partial charge in [-0.25, -0.2) is 0 Å². The van der Waals surface area contributed by atoms with Gasteiger partial charge in [0.2, 0.25) is 5.91 Å². The molecule has 1 unspecified atom stereocenters. The monoisotopic (exact) mass is 288 g/mol. The first kappa shape index (κ1) is 16.0. The van der Waals surface area contributed by atoms with Crippen LogP contribution in [0.1, 0.15) is 57.2 Å². The molecule has 1 fully saturated rings. The van der Waals surface area contributed by atoms with Crippen molar-refractivity contribution in [3.8, 4) is 0 Å². The lowest BCUT2D eigenvalue weighted by Gasteiger charge is -2.24. The quantitative estimate of drug-likeness (QED) is 0.873.